The highest BCUT2D eigenvalue weighted by Crippen LogP contribution is 2.41. The van der Waals surface area contributed by atoms with Crippen LogP contribution < -0.4 is 20.1 Å². The number of aryl methyl sites for hydroxylation is 1. The lowest BCUT2D eigenvalue weighted by molar-refractivity contribution is -0.137. The van der Waals surface area contributed by atoms with Crippen molar-refractivity contribution in [3.8, 4) is 22.6 Å². The fourth-order valence-electron chi connectivity index (χ4n) is 4.68. The summed E-state index contributed by atoms with van der Waals surface area (Å²) in [6.45, 7) is -1.02. The number of alkyl halides is 3. The van der Waals surface area contributed by atoms with Crippen LogP contribution in [0, 0.1) is 17.5 Å². The van der Waals surface area contributed by atoms with Crippen molar-refractivity contribution in [2.75, 3.05) is 19.1 Å². The van der Waals surface area contributed by atoms with Gasteiger partial charge in [-0.2, -0.15) is 13.2 Å². The van der Waals surface area contributed by atoms with Gasteiger partial charge in [0.15, 0.2) is 23.1 Å². The van der Waals surface area contributed by atoms with Crippen molar-refractivity contribution in [3.63, 3.8) is 0 Å². The van der Waals surface area contributed by atoms with Gasteiger partial charge in [-0.05, 0) is 42.0 Å². The number of methoxy groups -OCH3 is 1. The molecule has 2 heterocycles. The summed E-state index contributed by atoms with van der Waals surface area (Å²) in [5.41, 5.74) is -3.01. The lowest BCUT2D eigenvalue weighted by atomic mass is 9.99. The highest BCUT2D eigenvalue weighted by atomic mass is 19.4. The van der Waals surface area contributed by atoms with Gasteiger partial charge in [-0.1, -0.05) is 0 Å². The van der Waals surface area contributed by atoms with E-state index in [0.29, 0.717) is 12.1 Å². The Morgan fingerprint density at radius 1 is 1.07 bits per heavy atom. The minimum absolute atomic E-state index is 0.0526. The summed E-state index contributed by atoms with van der Waals surface area (Å²) >= 11 is 0. The molecule has 16 heteroatoms. The number of aromatic amines is 1. The molecule has 0 saturated heterocycles. The first-order valence-electron chi connectivity index (χ1n) is 12.7. The highest BCUT2D eigenvalue weighted by molar-refractivity contribution is 5.97. The standard InChI is InChI=1S/C28H22F6N6O4/c1-38(20-5-4-16(29)10-18(20)30)24(41)11-40-21-9-15(28(32,33)34)8-17(25(21)39(2)27(40)42)14-6-19(31)26(22(7-14)43-3)44-12-23-35-13-36-37-23/h4-10,13H,11-12H2,1-3H3,(H,35,36,37). The Balaban J connectivity index is 1.63. The monoisotopic (exact) mass is 620 g/mol. The number of ether oxygens (including phenoxy) is 2. The van der Waals surface area contributed by atoms with Crippen molar-refractivity contribution in [1.82, 2.24) is 24.3 Å². The van der Waals surface area contributed by atoms with Crippen LogP contribution in [0.15, 0.2) is 53.6 Å². The summed E-state index contributed by atoms with van der Waals surface area (Å²) in [7, 11) is 3.65. The topological polar surface area (TPSA) is 107 Å². The second kappa shape index (κ2) is 11.4. The lowest BCUT2D eigenvalue weighted by Gasteiger charge is -2.18. The van der Waals surface area contributed by atoms with Crippen LogP contribution in [-0.2, 0) is 31.2 Å². The molecule has 5 rings (SSSR count). The van der Waals surface area contributed by atoms with E-state index in [1.165, 1.54) is 33.6 Å². The van der Waals surface area contributed by atoms with Crippen LogP contribution in [0.4, 0.5) is 32.0 Å². The van der Waals surface area contributed by atoms with Gasteiger partial charge in [0.1, 0.15) is 31.1 Å². The molecule has 0 unspecified atom stereocenters. The van der Waals surface area contributed by atoms with Crippen LogP contribution >= 0.6 is 0 Å². The third-order valence-electron chi connectivity index (χ3n) is 6.86. The van der Waals surface area contributed by atoms with Gasteiger partial charge in [0, 0.05) is 25.7 Å². The van der Waals surface area contributed by atoms with E-state index in [9.17, 15) is 31.5 Å². The molecule has 0 bridgehead atoms. The number of hydrogen-bond acceptors (Lipinski definition) is 6. The van der Waals surface area contributed by atoms with E-state index in [0.717, 1.165) is 38.3 Å². The van der Waals surface area contributed by atoms with E-state index in [4.69, 9.17) is 9.47 Å². The van der Waals surface area contributed by atoms with E-state index in [-0.39, 0.29) is 51.8 Å². The lowest BCUT2D eigenvalue weighted by Crippen LogP contribution is -2.34. The number of halogens is 6. The number of H-pyrrole nitrogens is 1. The van der Waals surface area contributed by atoms with Crippen molar-refractivity contribution in [2.24, 2.45) is 7.05 Å². The van der Waals surface area contributed by atoms with Gasteiger partial charge in [0.2, 0.25) is 5.91 Å². The summed E-state index contributed by atoms with van der Waals surface area (Å²) in [5.74, 6) is -4.04. The number of hydrogen-bond donors (Lipinski definition) is 1. The van der Waals surface area contributed by atoms with Crippen LogP contribution in [0.1, 0.15) is 11.4 Å². The summed E-state index contributed by atoms with van der Waals surface area (Å²) in [6.07, 6.45) is -3.61. The number of benzene rings is 3. The third-order valence-corrected chi connectivity index (χ3v) is 6.86. The molecule has 1 N–H and O–H groups in total. The maximum Gasteiger partial charge on any atom is 0.416 e. The van der Waals surface area contributed by atoms with Crippen LogP contribution in [-0.4, -0.2) is 44.4 Å². The molecule has 10 nitrogen and oxygen atoms in total. The minimum atomic E-state index is -4.90. The molecule has 3 aromatic carbocycles. The Morgan fingerprint density at radius 2 is 1.82 bits per heavy atom. The van der Waals surface area contributed by atoms with Gasteiger partial charge in [0.05, 0.1) is 29.4 Å². The van der Waals surface area contributed by atoms with Gasteiger partial charge in [-0.25, -0.2) is 18.0 Å². The number of likely N-dealkylation sites (N-methyl/N-ethyl adjacent to an activating group) is 1. The van der Waals surface area contributed by atoms with Crippen LogP contribution in [0.25, 0.3) is 22.2 Å². The Bertz CT molecular complexity index is 1930. The highest BCUT2D eigenvalue weighted by Gasteiger charge is 2.33. The Labute approximate surface area is 244 Å². The molecule has 0 saturated carbocycles. The van der Waals surface area contributed by atoms with E-state index in [1.54, 1.807) is 0 Å². The average molecular weight is 621 g/mol. The SMILES string of the molecule is COc1cc(-c2cc(C(F)(F)F)cc3c2n(C)c(=O)n3CC(=O)N(C)c2ccc(F)cc2F)cc(F)c1OCc1nnc[nH]1. The first kappa shape index (κ1) is 30.2. The molecular formula is C28H22F6N6O4. The average Bonchev–Trinajstić information content (AvgIpc) is 3.57. The molecule has 0 aliphatic carbocycles. The molecule has 0 atom stereocenters. The number of nitrogens with one attached hydrogen (secondary N) is 1. The van der Waals surface area contributed by atoms with Gasteiger partial charge in [-0.3, -0.25) is 13.9 Å². The molecule has 2 aromatic heterocycles. The summed E-state index contributed by atoms with van der Waals surface area (Å²) in [6, 6.07) is 6.09. The Morgan fingerprint density at radius 3 is 2.45 bits per heavy atom. The molecule has 1 amide bonds. The number of aromatic nitrogens is 5. The fraction of sp³-hybridized carbons (Fsp3) is 0.214. The maximum atomic E-state index is 15.4. The number of nitrogens with zero attached hydrogens (tertiary/aromatic N) is 5. The van der Waals surface area contributed by atoms with Crippen molar-refractivity contribution in [2.45, 2.75) is 19.3 Å². The quantitative estimate of drug-likeness (QED) is 0.250. The number of carbonyl (C=O) groups is 1. The molecule has 0 aliphatic heterocycles. The smallest absolute Gasteiger partial charge is 0.416 e. The molecule has 5 aromatic rings. The van der Waals surface area contributed by atoms with Gasteiger partial charge < -0.3 is 19.4 Å². The number of imidazole rings is 1. The third kappa shape index (κ3) is 5.57. The van der Waals surface area contributed by atoms with Crippen LogP contribution in [0.2, 0.25) is 0 Å². The van der Waals surface area contributed by atoms with Gasteiger partial charge in [0.25, 0.3) is 0 Å². The normalized spacial score (nSPS) is 11.7. The Hall–Kier alpha value is -5.28. The number of anilines is 1. The van der Waals surface area contributed by atoms with Crippen LogP contribution in [0.5, 0.6) is 11.5 Å². The fourth-order valence-corrected chi connectivity index (χ4v) is 4.68. The molecule has 44 heavy (non-hydrogen) atoms. The predicted molar refractivity (Wildman–Crippen MR) is 145 cm³/mol. The van der Waals surface area contributed by atoms with Crippen molar-refractivity contribution in [3.05, 3.63) is 88.1 Å². The van der Waals surface area contributed by atoms with Crippen LogP contribution in [0.3, 0.4) is 0 Å². The molecule has 0 radical (unpaired) electrons. The second-order valence-corrected chi connectivity index (χ2v) is 9.58. The predicted octanol–water partition coefficient (Wildman–Crippen LogP) is 4.81. The second-order valence-electron chi connectivity index (χ2n) is 9.58. The van der Waals surface area contributed by atoms with Crippen molar-refractivity contribution >= 4 is 22.6 Å². The number of rotatable bonds is 8. The molecular weight excluding hydrogens is 598 g/mol. The first-order valence-corrected chi connectivity index (χ1v) is 12.7. The zero-order valence-electron chi connectivity index (χ0n) is 23.2. The minimum Gasteiger partial charge on any atom is -0.493 e. The van der Waals surface area contributed by atoms with Crippen molar-refractivity contribution < 1.29 is 40.6 Å². The zero-order valence-corrected chi connectivity index (χ0v) is 23.2. The largest absolute Gasteiger partial charge is 0.493 e. The summed E-state index contributed by atoms with van der Waals surface area (Å²) in [4.78, 5) is 29.9. The first-order chi connectivity index (χ1) is 20.8. The van der Waals surface area contributed by atoms with E-state index in [1.807, 2.05) is 0 Å². The van der Waals surface area contributed by atoms with E-state index in [2.05, 4.69) is 15.2 Å². The van der Waals surface area contributed by atoms with Gasteiger partial charge in [-0.15, -0.1) is 10.2 Å². The number of fused-ring (bicyclic) bond motifs is 1. The van der Waals surface area contributed by atoms with E-state index >= 15 is 4.39 Å². The van der Waals surface area contributed by atoms with Crippen molar-refractivity contribution in [1.29, 1.82) is 0 Å². The summed E-state index contributed by atoms with van der Waals surface area (Å²) < 4.78 is 97.8. The molecule has 230 valence electrons. The maximum absolute atomic E-state index is 15.4. The zero-order chi connectivity index (χ0) is 31.9. The Kier molecular flexibility index (Phi) is 7.84. The molecule has 0 spiro atoms. The van der Waals surface area contributed by atoms with E-state index < -0.39 is 47.3 Å². The molecule has 0 aliphatic rings. The molecule has 0 fully saturated rings. The summed E-state index contributed by atoms with van der Waals surface area (Å²) in [5, 5.41) is 7.32. The number of amides is 1. The van der Waals surface area contributed by atoms with Gasteiger partial charge >= 0.3 is 11.9 Å². The number of carbonyl (C=O) groups excluding carboxylic acids is 1.